The summed E-state index contributed by atoms with van der Waals surface area (Å²) < 4.78 is 13.3. The van der Waals surface area contributed by atoms with E-state index in [1.54, 1.807) is 50.4 Å². The summed E-state index contributed by atoms with van der Waals surface area (Å²) in [6.07, 6.45) is 7.59. The number of methoxy groups -OCH3 is 2. The van der Waals surface area contributed by atoms with Crippen LogP contribution in [0.4, 0.5) is 5.69 Å². The van der Waals surface area contributed by atoms with E-state index in [0.29, 0.717) is 42.9 Å². The number of pyridine rings is 2. The maximum atomic E-state index is 13.6. The molecule has 2 aromatic carbocycles. The summed E-state index contributed by atoms with van der Waals surface area (Å²) in [5.74, 6) is -0.267. The molecule has 0 saturated carbocycles. The van der Waals surface area contributed by atoms with E-state index in [0.717, 1.165) is 71.7 Å². The second-order valence-electron chi connectivity index (χ2n) is 16.4. The van der Waals surface area contributed by atoms with Crippen LogP contribution in [0.1, 0.15) is 58.4 Å². The van der Waals surface area contributed by atoms with Gasteiger partial charge in [0.25, 0.3) is 17.4 Å². The molecule has 5 aliphatic rings. The Balaban J connectivity index is 0.805. The van der Waals surface area contributed by atoms with Crippen LogP contribution < -0.4 is 25.2 Å². The third-order valence-electron chi connectivity index (χ3n) is 12.8. The third kappa shape index (κ3) is 6.37. The number of hydrogen-bond donors (Lipinski definition) is 1. The number of hydrogen-bond acceptors (Lipinski definition) is 11. The first-order valence-corrected chi connectivity index (χ1v) is 19.7. The summed E-state index contributed by atoms with van der Waals surface area (Å²) in [7, 11) is 5.01. The number of piperidine rings is 1. The van der Waals surface area contributed by atoms with Crippen LogP contribution in [0.15, 0.2) is 59.8 Å². The Bertz CT molecular complexity index is 2450. The summed E-state index contributed by atoms with van der Waals surface area (Å²) in [5, 5.41) is 3.58. The van der Waals surface area contributed by atoms with Crippen molar-refractivity contribution in [3.05, 3.63) is 82.0 Å². The molecule has 15 nitrogen and oxygen atoms in total. The zero-order valence-electron chi connectivity index (χ0n) is 32.8. The van der Waals surface area contributed by atoms with Gasteiger partial charge in [0.05, 0.1) is 36.3 Å². The average Bonchev–Trinajstić information content (AvgIpc) is 3.90. The van der Waals surface area contributed by atoms with Crippen LogP contribution in [0.5, 0.6) is 11.5 Å². The average molecular weight is 788 g/mol. The zero-order chi connectivity index (χ0) is 40.5. The lowest BCUT2D eigenvalue weighted by atomic mass is 9.86. The molecule has 1 spiro atoms. The van der Waals surface area contributed by atoms with E-state index < -0.39 is 29.7 Å². The van der Waals surface area contributed by atoms with Gasteiger partial charge in [-0.25, -0.2) is 0 Å². The van der Waals surface area contributed by atoms with Crippen LogP contribution >= 0.6 is 0 Å². The molecule has 4 aromatic rings. The van der Waals surface area contributed by atoms with Crippen molar-refractivity contribution >= 4 is 46.0 Å². The second kappa shape index (κ2) is 14.4. The molecule has 2 atom stereocenters. The minimum atomic E-state index is -1.00. The molecule has 1 N–H and O–H groups in total. The SMILES string of the molecule is COc1cc(-c2cn(C)c(=O)c3cnccc23)cc(OC)c1CN1CC(CC(=O)N2CCC3(CCN(c4ccc5c(c4)C(=O)N(C4CCC(=O)NC4=O)C5=O)C3)C2)C1. The fourth-order valence-corrected chi connectivity index (χ4v) is 9.66. The maximum Gasteiger partial charge on any atom is 0.262 e. The van der Waals surface area contributed by atoms with E-state index in [1.807, 2.05) is 35.4 Å². The lowest BCUT2D eigenvalue weighted by Crippen LogP contribution is -2.54. The number of carbonyl (C=O) groups excluding carboxylic acids is 5. The number of aromatic nitrogens is 2. The smallest absolute Gasteiger partial charge is 0.262 e. The predicted octanol–water partition coefficient (Wildman–Crippen LogP) is 2.97. The van der Waals surface area contributed by atoms with Crippen molar-refractivity contribution in [2.45, 2.75) is 44.7 Å². The lowest BCUT2D eigenvalue weighted by molar-refractivity contribution is -0.136. The number of amides is 5. The Morgan fingerprint density at radius 3 is 2.38 bits per heavy atom. The van der Waals surface area contributed by atoms with Gasteiger partial charge in [0.2, 0.25) is 17.7 Å². The van der Waals surface area contributed by atoms with E-state index in [2.05, 4.69) is 20.1 Å². The van der Waals surface area contributed by atoms with E-state index in [1.165, 1.54) is 0 Å². The van der Waals surface area contributed by atoms with Gasteiger partial charge in [-0.15, -0.1) is 0 Å². The van der Waals surface area contributed by atoms with Crippen molar-refractivity contribution < 1.29 is 33.4 Å². The number of ether oxygens (including phenoxy) is 2. The highest BCUT2D eigenvalue weighted by molar-refractivity contribution is 6.23. The predicted molar refractivity (Wildman–Crippen MR) is 212 cm³/mol. The van der Waals surface area contributed by atoms with E-state index in [9.17, 15) is 28.8 Å². The van der Waals surface area contributed by atoms with Gasteiger partial charge in [-0.3, -0.25) is 48.9 Å². The molecule has 58 heavy (non-hydrogen) atoms. The topological polar surface area (TPSA) is 164 Å². The normalized spacial score (nSPS) is 22.3. The molecule has 300 valence electrons. The Morgan fingerprint density at radius 2 is 1.64 bits per heavy atom. The number of carbonyl (C=O) groups is 5. The van der Waals surface area contributed by atoms with Gasteiger partial charge in [0.1, 0.15) is 17.5 Å². The molecule has 0 radical (unpaired) electrons. The second-order valence-corrected chi connectivity index (χ2v) is 16.4. The highest BCUT2D eigenvalue weighted by Crippen LogP contribution is 2.43. The van der Waals surface area contributed by atoms with Crippen LogP contribution in [0.3, 0.4) is 0 Å². The minimum absolute atomic E-state index is 0.0459. The maximum absolute atomic E-state index is 13.6. The quantitative estimate of drug-likeness (QED) is 0.248. The van der Waals surface area contributed by atoms with Gasteiger partial charge >= 0.3 is 0 Å². The number of anilines is 1. The summed E-state index contributed by atoms with van der Waals surface area (Å²) >= 11 is 0. The molecule has 5 aliphatic heterocycles. The van der Waals surface area contributed by atoms with E-state index >= 15 is 0 Å². The molecule has 0 aliphatic carbocycles. The number of likely N-dealkylation sites (tertiary alicyclic amines) is 2. The Hall–Kier alpha value is -6.09. The highest BCUT2D eigenvalue weighted by Gasteiger charge is 2.47. The van der Waals surface area contributed by atoms with Crippen molar-refractivity contribution in [2.75, 3.05) is 58.4 Å². The van der Waals surface area contributed by atoms with Gasteiger partial charge in [-0.05, 0) is 72.5 Å². The fraction of sp³-hybridized carbons (Fsp3) is 0.419. The van der Waals surface area contributed by atoms with Gasteiger partial charge in [-0.2, -0.15) is 0 Å². The van der Waals surface area contributed by atoms with Gasteiger partial charge in [0.15, 0.2) is 0 Å². The number of benzene rings is 2. The summed E-state index contributed by atoms with van der Waals surface area (Å²) in [6, 6.07) is 10.1. The first-order chi connectivity index (χ1) is 28.0. The Kier molecular flexibility index (Phi) is 9.29. The van der Waals surface area contributed by atoms with Crippen LogP contribution in [-0.4, -0.2) is 113 Å². The molecule has 0 bridgehead atoms. The molecule has 2 unspecified atom stereocenters. The number of fused-ring (bicyclic) bond motifs is 2. The van der Waals surface area contributed by atoms with Crippen molar-refractivity contribution in [3.8, 4) is 22.6 Å². The van der Waals surface area contributed by atoms with Crippen LogP contribution in [0.25, 0.3) is 21.9 Å². The molecular weight excluding hydrogens is 743 g/mol. The summed E-state index contributed by atoms with van der Waals surface area (Å²) in [4.78, 5) is 88.8. The first kappa shape index (κ1) is 37.5. The number of aryl methyl sites for hydroxylation is 1. The van der Waals surface area contributed by atoms with Crippen molar-refractivity contribution in [1.82, 2.24) is 29.6 Å². The fourth-order valence-electron chi connectivity index (χ4n) is 9.66. The molecule has 2 aromatic heterocycles. The van der Waals surface area contributed by atoms with Crippen molar-refractivity contribution in [3.63, 3.8) is 0 Å². The van der Waals surface area contributed by atoms with Gasteiger partial charge < -0.3 is 23.8 Å². The van der Waals surface area contributed by atoms with Crippen molar-refractivity contribution in [2.24, 2.45) is 18.4 Å². The molecule has 7 heterocycles. The van der Waals surface area contributed by atoms with Gasteiger partial charge in [0, 0.05) is 101 Å². The van der Waals surface area contributed by atoms with Crippen molar-refractivity contribution in [1.29, 1.82) is 0 Å². The first-order valence-electron chi connectivity index (χ1n) is 19.7. The lowest BCUT2D eigenvalue weighted by Gasteiger charge is -2.40. The molecule has 5 amide bonds. The Morgan fingerprint density at radius 1 is 0.897 bits per heavy atom. The molecular formula is C43H45N7O8. The van der Waals surface area contributed by atoms with E-state index in [4.69, 9.17) is 9.47 Å². The molecule has 15 heteroatoms. The van der Waals surface area contributed by atoms with Crippen LogP contribution in [0, 0.1) is 11.3 Å². The van der Waals surface area contributed by atoms with Gasteiger partial charge in [-0.1, -0.05) is 0 Å². The molecule has 4 saturated heterocycles. The third-order valence-corrected chi connectivity index (χ3v) is 12.8. The zero-order valence-corrected chi connectivity index (χ0v) is 32.8. The summed E-state index contributed by atoms with van der Waals surface area (Å²) in [5.41, 5.74) is 3.87. The van der Waals surface area contributed by atoms with Crippen LogP contribution in [-0.2, 0) is 28.0 Å². The number of rotatable bonds is 9. The number of imide groups is 2. The molecule has 9 rings (SSSR count). The van der Waals surface area contributed by atoms with E-state index in [-0.39, 0.29) is 46.8 Å². The summed E-state index contributed by atoms with van der Waals surface area (Å²) in [6.45, 7) is 5.08. The van der Waals surface area contributed by atoms with Crippen LogP contribution in [0.2, 0.25) is 0 Å². The number of nitrogens with zero attached hydrogens (tertiary/aromatic N) is 6. The Labute approximate surface area is 334 Å². The standard InChI is InChI=1S/C43H45N7O8/c1-46-21-32(28-8-11-44-18-31(28)40(46)54)26-15-35(57-2)33(36(16-26)58-3)22-47-19-25(20-47)14-38(52)49-13-10-43(24-49)9-12-48(23-43)27-4-5-29-30(17-27)42(56)50(41(29)55)34-6-7-37(51)45-39(34)53/h4-5,8,11,15-18,21,25,34H,6-7,9-10,12-14,19-20,22-24H2,1-3H3,(H,45,51,53). The number of nitrogens with one attached hydrogen (secondary N) is 1. The highest BCUT2D eigenvalue weighted by atomic mass is 16.5. The minimum Gasteiger partial charge on any atom is -0.496 e. The largest absolute Gasteiger partial charge is 0.496 e. The monoisotopic (exact) mass is 787 g/mol. The molecule has 4 fully saturated rings.